The van der Waals surface area contributed by atoms with Gasteiger partial charge in [-0.3, -0.25) is 9.97 Å². The molecule has 0 radical (unpaired) electrons. The number of hydrogen-bond acceptors (Lipinski definition) is 6. The largest absolute Gasteiger partial charge is 0.382 e. The molecule has 1 saturated heterocycles. The number of anilines is 1. The van der Waals surface area contributed by atoms with E-state index >= 15 is 0 Å². The lowest BCUT2D eigenvalue weighted by Gasteiger charge is -2.20. The molecule has 0 atom stereocenters. The first-order valence-corrected chi connectivity index (χ1v) is 10.6. The topological polar surface area (TPSA) is 73.0 Å². The fourth-order valence-corrected chi connectivity index (χ4v) is 4.13. The van der Waals surface area contributed by atoms with E-state index in [0.717, 1.165) is 65.1 Å². The van der Waals surface area contributed by atoms with Gasteiger partial charge < -0.3 is 20.1 Å². The minimum absolute atomic E-state index is 0.885. The van der Waals surface area contributed by atoms with Gasteiger partial charge in [0.2, 0.25) is 0 Å². The maximum atomic E-state index is 4.63. The van der Waals surface area contributed by atoms with E-state index in [-0.39, 0.29) is 0 Å². The average Bonchev–Trinajstić information content (AvgIpc) is 3.01. The zero-order valence-corrected chi connectivity index (χ0v) is 17.3. The minimum Gasteiger partial charge on any atom is -0.382 e. The highest BCUT2D eigenvalue weighted by molar-refractivity contribution is 6.07. The average molecular weight is 402 g/mol. The summed E-state index contributed by atoms with van der Waals surface area (Å²) in [6.07, 6.45) is 8.65. The molecule has 30 heavy (non-hydrogen) atoms. The summed E-state index contributed by atoms with van der Waals surface area (Å²) < 4.78 is 0. The predicted molar refractivity (Wildman–Crippen MR) is 122 cm³/mol. The summed E-state index contributed by atoms with van der Waals surface area (Å²) >= 11 is 0. The molecule has 0 unspecified atom stereocenters. The highest BCUT2D eigenvalue weighted by atomic mass is 15.2. The van der Waals surface area contributed by atoms with Gasteiger partial charge in [0.25, 0.3) is 0 Å². The molecule has 0 bridgehead atoms. The van der Waals surface area contributed by atoms with Gasteiger partial charge in [0.05, 0.1) is 29.3 Å². The van der Waals surface area contributed by atoms with Crippen LogP contribution in [0.15, 0.2) is 49.1 Å². The quantitative estimate of drug-likeness (QED) is 0.535. The number of rotatable bonds is 5. The summed E-state index contributed by atoms with van der Waals surface area (Å²) in [5.74, 6) is 0. The molecular weight excluding hydrogens is 374 g/mol. The van der Waals surface area contributed by atoms with E-state index in [1.165, 1.54) is 19.5 Å². The predicted octanol–water partition coefficient (Wildman–Crippen LogP) is 3.22. The number of aromatic nitrogens is 4. The lowest BCUT2D eigenvalue weighted by molar-refractivity contribution is 0.285. The second-order valence-corrected chi connectivity index (χ2v) is 8.03. The zero-order valence-electron chi connectivity index (χ0n) is 17.3. The van der Waals surface area contributed by atoms with E-state index in [4.69, 9.17) is 0 Å². The fourth-order valence-electron chi connectivity index (χ4n) is 4.13. The van der Waals surface area contributed by atoms with Crippen LogP contribution in [0.1, 0.15) is 6.42 Å². The third-order valence-electron chi connectivity index (χ3n) is 5.86. The number of nitrogens with zero attached hydrogens (tertiary/aromatic N) is 5. The van der Waals surface area contributed by atoms with Gasteiger partial charge in [-0.05, 0) is 50.8 Å². The van der Waals surface area contributed by atoms with Gasteiger partial charge in [0.15, 0.2) is 0 Å². The van der Waals surface area contributed by atoms with Gasteiger partial charge in [-0.15, -0.1) is 0 Å². The number of H-pyrrole nitrogens is 1. The number of nitrogens with one attached hydrogen (secondary N) is 2. The maximum absolute atomic E-state index is 4.63. The molecule has 0 amide bonds. The van der Waals surface area contributed by atoms with Crippen LogP contribution in [-0.4, -0.2) is 76.1 Å². The molecule has 7 heteroatoms. The highest BCUT2D eigenvalue weighted by Gasteiger charge is 2.12. The zero-order chi connectivity index (χ0) is 20.3. The van der Waals surface area contributed by atoms with E-state index in [2.05, 4.69) is 54.2 Å². The Morgan fingerprint density at radius 1 is 1.03 bits per heavy atom. The molecule has 4 aromatic heterocycles. The first-order chi connectivity index (χ1) is 14.8. The van der Waals surface area contributed by atoms with Crippen molar-refractivity contribution in [2.24, 2.45) is 0 Å². The Morgan fingerprint density at radius 2 is 2.00 bits per heavy atom. The van der Waals surface area contributed by atoms with Crippen LogP contribution in [0.5, 0.6) is 0 Å². The standard InChI is InChI=1S/C23H27N7/c1-29-7-3-8-30(11-10-29)9-6-25-18-12-20-19-13-21(17-4-2-5-24-14-17)26-16-22(19)28-23(20)27-15-18/h2,4-5,12-16,25H,3,6-11H2,1H3,(H,27,28). The molecule has 0 saturated carbocycles. The molecular formula is C23H27N7. The molecule has 0 aliphatic carbocycles. The molecule has 2 N–H and O–H groups in total. The van der Waals surface area contributed by atoms with Crippen LogP contribution in [0.4, 0.5) is 5.69 Å². The van der Waals surface area contributed by atoms with Crippen molar-refractivity contribution in [1.82, 2.24) is 29.7 Å². The third-order valence-corrected chi connectivity index (χ3v) is 5.86. The molecule has 5 rings (SSSR count). The fraction of sp³-hybridized carbons (Fsp3) is 0.348. The number of aromatic amines is 1. The second-order valence-electron chi connectivity index (χ2n) is 8.03. The van der Waals surface area contributed by atoms with Gasteiger partial charge >= 0.3 is 0 Å². The van der Waals surface area contributed by atoms with Crippen molar-refractivity contribution in [2.75, 3.05) is 51.6 Å². The maximum Gasteiger partial charge on any atom is 0.138 e. The molecule has 0 spiro atoms. The van der Waals surface area contributed by atoms with Crippen LogP contribution < -0.4 is 5.32 Å². The Kier molecular flexibility index (Phi) is 5.29. The monoisotopic (exact) mass is 401 g/mol. The number of fused-ring (bicyclic) bond motifs is 3. The highest BCUT2D eigenvalue weighted by Crippen LogP contribution is 2.28. The Balaban J connectivity index is 1.34. The third kappa shape index (κ3) is 3.99. The van der Waals surface area contributed by atoms with Crippen molar-refractivity contribution in [3.8, 4) is 11.3 Å². The SMILES string of the molecule is CN1CCCN(CCNc2cnc3[nH]c4cnc(-c5cccnc5)cc4c3c2)CC1. The first-order valence-electron chi connectivity index (χ1n) is 10.6. The second kappa shape index (κ2) is 8.38. The van der Waals surface area contributed by atoms with Crippen LogP contribution in [-0.2, 0) is 0 Å². The smallest absolute Gasteiger partial charge is 0.138 e. The minimum atomic E-state index is 0.885. The lowest BCUT2D eigenvalue weighted by atomic mass is 10.1. The summed E-state index contributed by atoms with van der Waals surface area (Å²) in [6, 6.07) is 8.26. The van der Waals surface area contributed by atoms with Crippen LogP contribution in [0.3, 0.4) is 0 Å². The van der Waals surface area contributed by atoms with Gasteiger partial charge in [-0.2, -0.15) is 0 Å². The van der Waals surface area contributed by atoms with Crippen LogP contribution in [0.2, 0.25) is 0 Å². The molecule has 7 nitrogen and oxygen atoms in total. The molecule has 154 valence electrons. The molecule has 0 aromatic carbocycles. The van der Waals surface area contributed by atoms with E-state index in [1.54, 1.807) is 6.20 Å². The van der Waals surface area contributed by atoms with E-state index in [9.17, 15) is 0 Å². The van der Waals surface area contributed by atoms with Crippen molar-refractivity contribution >= 4 is 27.6 Å². The summed E-state index contributed by atoms with van der Waals surface area (Å²) in [6.45, 7) is 6.63. The first kappa shape index (κ1) is 19.0. The van der Waals surface area contributed by atoms with Gasteiger partial charge in [0, 0.05) is 54.9 Å². The normalized spacial score (nSPS) is 16.2. The summed E-state index contributed by atoms with van der Waals surface area (Å²) in [5.41, 5.74) is 4.86. The summed E-state index contributed by atoms with van der Waals surface area (Å²) in [4.78, 5) is 21.8. The Bertz CT molecular complexity index is 1140. The van der Waals surface area contributed by atoms with Crippen molar-refractivity contribution in [2.45, 2.75) is 6.42 Å². The van der Waals surface area contributed by atoms with E-state index in [0.29, 0.717) is 0 Å². The van der Waals surface area contributed by atoms with Crippen molar-refractivity contribution in [3.05, 3.63) is 49.1 Å². The van der Waals surface area contributed by atoms with Crippen LogP contribution >= 0.6 is 0 Å². The Morgan fingerprint density at radius 3 is 2.90 bits per heavy atom. The number of likely N-dealkylation sites (N-methyl/N-ethyl adjacent to an activating group) is 1. The van der Waals surface area contributed by atoms with E-state index in [1.807, 2.05) is 30.7 Å². The van der Waals surface area contributed by atoms with Gasteiger partial charge in [-0.1, -0.05) is 0 Å². The molecule has 1 aliphatic rings. The lowest BCUT2D eigenvalue weighted by Crippen LogP contribution is -2.32. The van der Waals surface area contributed by atoms with Gasteiger partial charge in [0.1, 0.15) is 5.65 Å². The van der Waals surface area contributed by atoms with Crippen molar-refractivity contribution in [3.63, 3.8) is 0 Å². The van der Waals surface area contributed by atoms with Crippen molar-refractivity contribution < 1.29 is 0 Å². The molecule has 5 heterocycles. The molecule has 4 aromatic rings. The Labute approximate surface area is 176 Å². The van der Waals surface area contributed by atoms with E-state index < -0.39 is 0 Å². The molecule has 1 aliphatic heterocycles. The summed E-state index contributed by atoms with van der Waals surface area (Å²) in [7, 11) is 2.21. The summed E-state index contributed by atoms with van der Waals surface area (Å²) in [5, 5.41) is 5.80. The number of hydrogen-bond donors (Lipinski definition) is 2. The van der Waals surface area contributed by atoms with Crippen LogP contribution in [0.25, 0.3) is 33.2 Å². The van der Waals surface area contributed by atoms with Gasteiger partial charge in [-0.25, -0.2) is 4.98 Å². The van der Waals surface area contributed by atoms with Crippen molar-refractivity contribution in [1.29, 1.82) is 0 Å². The van der Waals surface area contributed by atoms with Crippen LogP contribution in [0, 0.1) is 0 Å². The number of pyridine rings is 3. The molecule has 1 fully saturated rings. The Hall–Kier alpha value is -3.03.